The Kier molecular flexibility index (Phi) is 7.45. The van der Waals surface area contributed by atoms with Crippen LogP contribution in [0.15, 0.2) is 72.3 Å². The number of phenolic OH excluding ortho intramolecular Hbond substituents is 1. The highest BCUT2D eigenvalue weighted by atomic mass is 16.5. The van der Waals surface area contributed by atoms with E-state index in [4.69, 9.17) is 4.74 Å². The maximum atomic E-state index is 12.3. The maximum absolute atomic E-state index is 12.3. The molecule has 0 unspecified atom stereocenters. The molecule has 0 saturated heterocycles. The Balaban J connectivity index is 1.58. The highest BCUT2D eigenvalue weighted by Gasteiger charge is 2.10. The smallest absolute Gasteiger partial charge is 0.266 e. The molecule has 0 fully saturated rings. The summed E-state index contributed by atoms with van der Waals surface area (Å²) in [6.45, 7) is 3.77. The summed E-state index contributed by atoms with van der Waals surface area (Å²) in [5.74, 6) is -0.276. The monoisotopic (exact) mass is 441 g/mol. The zero-order chi connectivity index (χ0) is 23.8. The van der Waals surface area contributed by atoms with Crippen LogP contribution in [0, 0.1) is 25.2 Å². The number of hydrogen-bond donors (Lipinski definition) is 3. The molecule has 0 spiro atoms. The van der Waals surface area contributed by atoms with Gasteiger partial charge in [0.15, 0.2) is 6.61 Å². The van der Waals surface area contributed by atoms with E-state index in [-0.39, 0.29) is 23.8 Å². The Morgan fingerprint density at radius 2 is 1.70 bits per heavy atom. The van der Waals surface area contributed by atoms with Gasteiger partial charge in [-0.1, -0.05) is 24.3 Å². The van der Waals surface area contributed by atoms with E-state index < -0.39 is 5.91 Å². The van der Waals surface area contributed by atoms with Crippen molar-refractivity contribution in [3.8, 4) is 17.6 Å². The number of benzene rings is 3. The van der Waals surface area contributed by atoms with E-state index in [0.717, 1.165) is 16.8 Å². The second-order valence-electron chi connectivity index (χ2n) is 7.32. The van der Waals surface area contributed by atoms with Gasteiger partial charge in [-0.25, -0.2) is 0 Å². The molecule has 0 aliphatic heterocycles. The molecule has 166 valence electrons. The minimum Gasteiger partial charge on any atom is -0.508 e. The second kappa shape index (κ2) is 10.6. The summed E-state index contributed by atoms with van der Waals surface area (Å²) >= 11 is 0. The van der Waals surface area contributed by atoms with Gasteiger partial charge in [0, 0.05) is 11.4 Å². The van der Waals surface area contributed by atoms with E-state index in [1.54, 1.807) is 24.3 Å². The van der Waals surface area contributed by atoms with Crippen molar-refractivity contribution in [2.24, 2.45) is 0 Å². The van der Waals surface area contributed by atoms with Gasteiger partial charge in [-0.05, 0) is 79.1 Å². The minimum atomic E-state index is -0.563. The standard InChI is InChI=1S/C26H23N3O4/c1-17-4-3-5-24(18(17)2)29-25(31)16-33-23-12-6-19(7-13-23)14-20(15-27)26(32)28-21-8-10-22(30)11-9-21/h3-14,30H,16H2,1-2H3,(H,28,32)(H,29,31)/b20-14+. The van der Waals surface area contributed by atoms with Crippen molar-refractivity contribution in [2.75, 3.05) is 17.2 Å². The van der Waals surface area contributed by atoms with Crippen LogP contribution in [0.1, 0.15) is 16.7 Å². The van der Waals surface area contributed by atoms with Crippen molar-refractivity contribution in [1.29, 1.82) is 5.26 Å². The van der Waals surface area contributed by atoms with Crippen LogP contribution in [0.5, 0.6) is 11.5 Å². The summed E-state index contributed by atoms with van der Waals surface area (Å²) < 4.78 is 5.54. The van der Waals surface area contributed by atoms with Crippen LogP contribution < -0.4 is 15.4 Å². The first-order valence-electron chi connectivity index (χ1n) is 10.2. The highest BCUT2D eigenvalue weighted by molar-refractivity contribution is 6.09. The van der Waals surface area contributed by atoms with Gasteiger partial charge in [0.1, 0.15) is 23.1 Å². The van der Waals surface area contributed by atoms with E-state index in [0.29, 0.717) is 17.0 Å². The Hall–Kier alpha value is -4.57. The summed E-state index contributed by atoms with van der Waals surface area (Å²) in [5, 5.41) is 24.1. The Morgan fingerprint density at radius 3 is 2.36 bits per heavy atom. The fourth-order valence-corrected chi connectivity index (χ4v) is 2.94. The number of amides is 2. The van der Waals surface area contributed by atoms with Crippen LogP contribution in [0.2, 0.25) is 0 Å². The summed E-state index contributed by atoms with van der Waals surface area (Å²) in [6.07, 6.45) is 1.45. The van der Waals surface area contributed by atoms with Crippen molar-refractivity contribution in [3.05, 3.63) is 89.0 Å². The van der Waals surface area contributed by atoms with Crippen molar-refractivity contribution in [1.82, 2.24) is 0 Å². The van der Waals surface area contributed by atoms with Crippen LogP contribution in [-0.4, -0.2) is 23.5 Å². The van der Waals surface area contributed by atoms with Gasteiger partial charge in [-0.2, -0.15) is 5.26 Å². The predicted molar refractivity (Wildman–Crippen MR) is 127 cm³/mol. The van der Waals surface area contributed by atoms with E-state index in [1.165, 1.54) is 30.3 Å². The molecule has 7 nitrogen and oxygen atoms in total. The third-order valence-electron chi connectivity index (χ3n) is 4.93. The molecule has 0 heterocycles. The third-order valence-corrected chi connectivity index (χ3v) is 4.93. The minimum absolute atomic E-state index is 0.0779. The van der Waals surface area contributed by atoms with Gasteiger partial charge in [0.25, 0.3) is 11.8 Å². The van der Waals surface area contributed by atoms with Gasteiger partial charge < -0.3 is 20.5 Å². The lowest BCUT2D eigenvalue weighted by molar-refractivity contribution is -0.118. The highest BCUT2D eigenvalue weighted by Crippen LogP contribution is 2.19. The lowest BCUT2D eigenvalue weighted by Crippen LogP contribution is -2.20. The summed E-state index contributed by atoms with van der Waals surface area (Å²) in [6, 6.07) is 20.2. The molecule has 0 atom stereocenters. The van der Waals surface area contributed by atoms with Crippen molar-refractivity contribution in [2.45, 2.75) is 13.8 Å². The van der Waals surface area contributed by atoms with Crippen LogP contribution in [0.25, 0.3) is 6.08 Å². The van der Waals surface area contributed by atoms with E-state index >= 15 is 0 Å². The summed E-state index contributed by atoms with van der Waals surface area (Å²) in [4.78, 5) is 24.5. The normalized spacial score (nSPS) is 10.8. The lowest BCUT2D eigenvalue weighted by atomic mass is 10.1. The van der Waals surface area contributed by atoms with E-state index in [2.05, 4.69) is 10.6 Å². The zero-order valence-electron chi connectivity index (χ0n) is 18.3. The number of carbonyl (C=O) groups is 2. The van der Waals surface area contributed by atoms with Gasteiger partial charge in [0.05, 0.1) is 0 Å². The fourth-order valence-electron chi connectivity index (χ4n) is 2.94. The number of aromatic hydroxyl groups is 1. The molecule has 7 heteroatoms. The molecular weight excluding hydrogens is 418 g/mol. The molecular formula is C26H23N3O4. The first kappa shape index (κ1) is 23.1. The Bertz CT molecular complexity index is 1220. The number of ether oxygens (including phenoxy) is 1. The topological polar surface area (TPSA) is 111 Å². The molecule has 3 rings (SSSR count). The van der Waals surface area contributed by atoms with Crippen molar-refractivity contribution in [3.63, 3.8) is 0 Å². The molecule has 3 aromatic rings. The quantitative estimate of drug-likeness (QED) is 0.282. The molecule has 0 bridgehead atoms. The fraction of sp³-hybridized carbons (Fsp3) is 0.115. The molecule has 0 aliphatic carbocycles. The summed E-state index contributed by atoms with van der Waals surface area (Å²) in [5.41, 5.74) is 3.85. The number of phenols is 1. The average molecular weight is 441 g/mol. The van der Waals surface area contributed by atoms with E-state index in [1.807, 2.05) is 38.1 Å². The number of aryl methyl sites for hydroxylation is 1. The number of nitriles is 1. The second-order valence-corrected chi connectivity index (χ2v) is 7.32. The maximum Gasteiger partial charge on any atom is 0.266 e. The molecule has 2 amide bonds. The van der Waals surface area contributed by atoms with Gasteiger partial charge in [-0.3, -0.25) is 9.59 Å². The molecule has 0 radical (unpaired) electrons. The molecule has 0 aliphatic rings. The van der Waals surface area contributed by atoms with Crippen LogP contribution >= 0.6 is 0 Å². The third kappa shape index (κ3) is 6.45. The van der Waals surface area contributed by atoms with Gasteiger partial charge in [0.2, 0.25) is 0 Å². The number of nitrogens with zero attached hydrogens (tertiary/aromatic N) is 1. The predicted octanol–water partition coefficient (Wildman–Crippen LogP) is 4.57. The zero-order valence-corrected chi connectivity index (χ0v) is 18.3. The molecule has 0 saturated carbocycles. The van der Waals surface area contributed by atoms with Gasteiger partial charge in [-0.15, -0.1) is 0 Å². The molecule has 0 aromatic heterocycles. The van der Waals surface area contributed by atoms with E-state index in [9.17, 15) is 20.0 Å². The average Bonchev–Trinajstić information content (AvgIpc) is 2.81. The first-order valence-corrected chi connectivity index (χ1v) is 10.2. The lowest BCUT2D eigenvalue weighted by Gasteiger charge is -2.11. The molecule has 33 heavy (non-hydrogen) atoms. The first-order chi connectivity index (χ1) is 15.9. The number of carbonyl (C=O) groups excluding carboxylic acids is 2. The number of rotatable bonds is 7. The Morgan fingerprint density at radius 1 is 1.00 bits per heavy atom. The number of hydrogen-bond acceptors (Lipinski definition) is 5. The number of nitrogens with one attached hydrogen (secondary N) is 2. The largest absolute Gasteiger partial charge is 0.508 e. The van der Waals surface area contributed by atoms with Crippen LogP contribution in [0.4, 0.5) is 11.4 Å². The van der Waals surface area contributed by atoms with Crippen LogP contribution in [-0.2, 0) is 9.59 Å². The molecule has 3 aromatic carbocycles. The summed E-state index contributed by atoms with van der Waals surface area (Å²) in [7, 11) is 0. The van der Waals surface area contributed by atoms with Crippen LogP contribution in [0.3, 0.4) is 0 Å². The Labute approximate surface area is 191 Å². The number of anilines is 2. The van der Waals surface area contributed by atoms with Gasteiger partial charge >= 0.3 is 0 Å². The van der Waals surface area contributed by atoms with Crippen molar-refractivity contribution < 1.29 is 19.4 Å². The van der Waals surface area contributed by atoms with Crippen molar-refractivity contribution >= 4 is 29.3 Å². The SMILES string of the molecule is Cc1cccc(NC(=O)COc2ccc(/C=C(\C#N)C(=O)Nc3ccc(O)cc3)cc2)c1C. The molecule has 3 N–H and O–H groups in total.